The Labute approximate surface area is 358 Å². The van der Waals surface area contributed by atoms with Gasteiger partial charge in [-0.3, -0.25) is 15.0 Å². The van der Waals surface area contributed by atoms with Crippen molar-refractivity contribution in [2.75, 3.05) is 26.3 Å². The van der Waals surface area contributed by atoms with Crippen molar-refractivity contribution in [1.29, 1.82) is 10.8 Å². The highest BCUT2D eigenvalue weighted by Crippen LogP contribution is 2.39. The molecule has 5 atom stereocenters. The van der Waals surface area contributed by atoms with Crippen molar-refractivity contribution in [3.8, 4) is 0 Å². The van der Waals surface area contributed by atoms with Crippen LogP contribution in [0.4, 0.5) is 0 Å². The van der Waals surface area contributed by atoms with Crippen molar-refractivity contribution in [3.05, 3.63) is 0 Å². The van der Waals surface area contributed by atoms with Gasteiger partial charge in [0, 0.05) is 54.4 Å². The first-order valence-corrected chi connectivity index (χ1v) is 22.0. The molecule has 0 heterocycles. The molecular formula is C45H90N6O8. The summed E-state index contributed by atoms with van der Waals surface area (Å²) >= 11 is 0. The van der Waals surface area contributed by atoms with Gasteiger partial charge in [0.2, 0.25) is 0 Å². The summed E-state index contributed by atoms with van der Waals surface area (Å²) in [5, 5.41) is 71.8. The first-order chi connectivity index (χ1) is 26.8. The topological polar surface area (TPSA) is 229 Å². The molecule has 0 aromatic heterocycles. The summed E-state index contributed by atoms with van der Waals surface area (Å²) in [6.07, 6.45) is -1.95. The summed E-state index contributed by atoms with van der Waals surface area (Å²) in [5.41, 5.74) is -2.32. The number of carbonyl (C=O) groups is 2. The maximum Gasteiger partial charge on any atom is 0.252 e. The molecule has 14 nitrogen and oxygen atoms in total. The second-order valence-corrected chi connectivity index (χ2v) is 20.8. The van der Waals surface area contributed by atoms with Gasteiger partial charge in [-0.1, -0.05) is 55.4 Å². The van der Waals surface area contributed by atoms with Crippen LogP contribution in [0.3, 0.4) is 0 Å². The minimum absolute atomic E-state index is 0.166. The van der Waals surface area contributed by atoms with Crippen LogP contribution in [0.15, 0.2) is 0 Å². The first kappa shape index (κ1) is 56.8. The quantitative estimate of drug-likeness (QED) is 0.0306. The van der Waals surface area contributed by atoms with Gasteiger partial charge in [-0.15, -0.1) is 0 Å². The molecule has 2 amide bonds. The van der Waals surface area contributed by atoms with Gasteiger partial charge in [0.05, 0.1) is 17.0 Å². The highest BCUT2D eigenvalue weighted by atomic mass is 16.5. The Morgan fingerprint density at radius 3 is 1.42 bits per heavy atom. The molecule has 1 unspecified atom stereocenters. The highest BCUT2D eigenvalue weighted by molar-refractivity contribution is 5.89. The van der Waals surface area contributed by atoms with Crippen LogP contribution in [0.2, 0.25) is 0 Å². The molecule has 0 fully saturated rings. The van der Waals surface area contributed by atoms with Crippen LogP contribution in [0.25, 0.3) is 0 Å². The zero-order valence-corrected chi connectivity index (χ0v) is 40.1. The molecule has 348 valence electrons. The minimum Gasteiger partial charge on any atom is -0.387 e. The van der Waals surface area contributed by atoms with E-state index in [0.717, 1.165) is 44.4 Å². The zero-order chi connectivity index (χ0) is 46.2. The van der Waals surface area contributed by atoms with E-state index in [9.17, 15) is 30.0 Å². The highest BCUT2D eigenvalue weighted by Gasteiger charge is 2.40. The Balaban J connectivity index is 4.90. The molecule has 0 aliphatic rings. The number of amides is 2. The summed E-state index contributed by atoms with van der Waals surface area (Å²) in [5.74, 6) is -1.26. The fourth-order valence-corrected chi connectivity index (χ4v) is 7.37. The number of aliphatic hydroxyl groups excluding tert-OH is 4. The third-order valence-corrected chi connectivity index (χ3v) is 11.5. The molecule has 59 heavy (non-hydrogen) atoms. The molecule has 0 spiro atoms. The fraction of sp³-hybridized carbons (Fsp3) is 0.911. The number of nitrogens with one attached hydrogen (secondary N) is 6. The Morgan fingerprint density at radius 2 is 1.03 bits per heavy atom. The van der Waals surface area contributed by atoms with Crippen LogP contribution >= 0.6 is 0 Å². The predicted molar refractivity (Wildman–Crippen MR) is 239 cm³/mol. The largest absolute Gasteiger partial charge is 0.387 e. The van der Waals surface area contributed by atoms with Gasteiger partial charge >= 0.3 is 0 Å². The molecule has 0 rings (SSSR count). The lowest BCUT2D eigenvalue weighted by atomic mass is 9.68. The number of amidine groups is 1. The third-order valence-electron chi connectivity index (χ3n) is 11.5. The monoisotopic (exact) mass is 843 g/mol. The van der Waals surface area contributed by atoms with Gasteiger partial charge in [-0.05, 0) is 125 Å². The van der Waals surface area contributed by atoms with E-state index in [-0.39, 0.29) is 23.4 Å². The van der Waals surface area contributed by atoms with E-state index in [1.54, 1.807) is 27.7 Å². The molecular weight excluding hydrogens is 753 g/mol. The second-order valence-electron chi connectivity index (χ2n) is 20.8. The maximum atomic E-state index is 13.0. The number of carbonyl (C=O) groups excluding carboxylic acids is 2. The maximum absolute atomic E-state index is 13.0. The van der Waals surface area contributed by atoms with Gasteiger partial charge in [-0.25, -0.2) is 0 Å². The molecule has 0 aromatic carbocycles. The summed E-state index contributed by atoms with van der Waals surface area (Å²) in [7, 11) is 0. The fourth-order valence-electron chi connectivity index (χ4n) is 7.37. The van der Waals surface area contributed by atoms with E-state index in [1.165, 1.54) is 0 Å². The van der Waals surface area contributed by atoms with Crippen LogP contribution < -0.4 is 21.3 Å². The number of hydrogen-bond acceptors (Lipinski definition) is 11. The van der Waals surface area contributed by atoms with Crippen molar-refractivity contribution in [1.82, 2.24) is 21.3 Å². The third kappa shape index (κ3) is 22.5. The molecule has 0 saturated carbocycles. The molecule has 0 saturated heterocycles. The second kappa shape index (κ2) is 24.4. The summed E-state index contributed by atoms with van der Waals surface area (Å²) in [4.78, 5) is 25.9. The Morgan fingerprint density at radius 1 is 0.627 bits per heavy atom. The molecule has 10 N–H and O–H groups in total. The van der Waals surface area contributed by atoms with Crippen molar-refractivity contribution in [2.45, 2.75) is 221 Å². The van der Waals surface area contributed by atoms with E-state index in [2.05, 4.69) is 76.7 Å². The molecule has 0 aromatic rings. The van der Waals surface area contributed by atoms with Gasteiger partial charge < -0.3 is 56.6 Å². The van der Waals surface area contributed by atoms with Gasteiger partial charge in [0.1, 0.15) is 12.2 Å². The van der Waals surface area contributed by atoms with Gasteiger partial charge in [0.25, 0.3) is 11.8 Å². The van der Waals surface area contributed by atoms with Crippen molar-refractivity contribution >= 4 is 23.4 Å². The minimum atomic E-state index is -2.15. The lowest BCUT2D eigenvalue weighted by Gasteiger charge is -2.37. The molecule has 0 aliphatic heterocycles. The lowest BCUT2D eigenvalue weighted by Crippen LogP contribution is -2.58. The van der Waals surface area contributed by atoms with Crippen molar-refractivity contribution < 1.29 is 39.5 Å². The molecule has 0 aliphatic carbocycles. The average molecular weight is 843 g/mol. The number of hydrogen-bond donors (Lipinski definition) is 10. The number of ether oxygens (including phenoxy) is 2. The van der Waals surface area contributed by atoms with Crippen molar-refractivity contribution in [2.24, 2.45) is 16.7 Å². The Hall–Kier alpha value is -2.20. The summed E-state index contributed by atoms with van der Waals surface area (Å²) in [6, 6.07) is 0.472. The van der Waals surface area contributed by atoms with Crippen LogP contribution in [-0.4, -0.2) is 123 Å². The Bertz CT molecular complexity index is 1300. The summed E-state index contributed by atoms with van der Waals surface area (Å²) in [6.45, 7) is 33.8. The smallest absolute Gasteiger partial charge is 0.252 e. The van der Waals surface area contributed by atoms with E-state index < -0.39 is 58.5 Å². The van der Waals surface area contributed by atoms with Crippen LogP contribution in [-0.2, 0) is 19.1 Å². The van der Waals surface area contributed by atoms with Crippen LogP contribution in [0, 0.1) is 27.6 Å². The molecule has 14 heteroatoms. The Kier molecular flexibility index (Phi) is 23.5. The van der Waals surface area contributed by atoms with E-state index >= 15 is 0 Å². The predicted octanol–water partition coefficient (Wildman–Crippen LogP) is 5.61. The van der Waals surface area contributed by atoms with E-state index in [4.69, 9.17) is 20.3 Å². The zero-order valence-electron chi connectivity index (χ0n) is 40.1. The first-order valence-electron chi connectivity index (χ1n) is 22.0. The molecule has 0 bridgehead atoms. The average Bonchev–Trinajstić information content (AvgIpc) is 3.09. The number of aliphatic hydroxyl groups is 4. The van der Waals surface area contributed by atoms with Crippen molar-refractivity contribution in [3.63, 3.8) is 0 Å². The van der Waals surface area contributed by atoms with E-state index in [1.807, 2.05) is 27.7 Å². The van der Waals surface area contributed by atoms with Gasteiger partial charge in [-0.2, -0.15) is 0 Å². The molecule has 0 radical (unpaired) electrons. The van der Waals surface area contributed by atoms with Crippen LogP contribution in [0.5, 0.6) is 0 Å². The standard InChI is InChI=1S/C45H90N6O8/c1-17-30(4)37(47)41(7,8)29-40(5,6)28-32(46)49-25-21-45(15,16)59-27-23-43(11,12)51-39(57)36(55)34(53)33(52)35(54)38(56)50-42(9,10)22-26-58-44(13,14)20-24-48-31(18-2)19-3/h30-31,33-36,47-48,52-55H,17-29H2,1-16H3,(H2,46,49)(H,50,56)(H,51,57)/t30?,33-,34+,35+,36-/m1/s1. The summed E-state index contributed by atoms with van der Waals surface area (Å²) < 4.78 is 12.2. The van der Waals surface area contributed by atoms with Gasteiger partial charge in [0.15, 0.2) is 12.2 Å². The lowest BCUT2D eigenvalue weighted by molar-refractivity contribution is -0.157. The van der Waals surface area contributed by atoms with E-state index in [0.29, 0.717) is 50.7 Å². The normalized spacial score (nSPS) is 15.9. The van der Waals surface area contributed by atoms with Crippen LogP contribution in [0.1, 0.15) is 169 Å². The SMILES string of the molecule is CCC(CC)NCCC(C)(C)OCCC(C)(C)NC(=O)[C@@H](O)[C@H](O)[C@H](O)[C@@H](O)C(=O)NC(C)(C)CCOC(C)(C)CCNC(=N)CC(C)(C)CC(C)(C)C(=N)C(C)CC. The number of rotatable bonds is 31.